The third-order valence-electron chi connectivity index (χ3n) is 5.65. The molecule has 2 aromatic carbocycles. The zero-order valence-corrected chi connectivity index (χ0v) is 15.8. The molecule has 2 N–H and O–H groups in total. The van der Waals surface area contributed by atoms with Crippen molar-refractivity contribution < 1.29 is 24.1 Å². The fourth-order valence-electron chi connectivity index (χ4n) is 3.95. The van der Waals surface area contributed by atoms with Gasteiger partial charge in [-0.15, -0.1) is 0 Å². The molecule has 6 heteroatoms. The second-order valence-corrected chi connectivity index (χ2v) is 7.58. The van der Waals surface area contributed by atoms with E-state index in [4.69, 9.17) is 9.47 Å². The lowest BCUT2D eigenvalue weighted by atomic mass is 9.84. The van der Waals surface area contributed by atoms with Gasteiger partial charge in [-0.1, -0.05) is 24.3 Å². The molecule has 0 aliphatic carbocycles. The first kappa shape index (κ1) is 19.2. The monoisotopic (exact) mass is 387 g/mol. The van der Waals surface area contributed by atoms with Crippen LogP contribution in [0, 0.1) is 5.82 Å². The summed E-state index contributed by atoms with van der Waals surface area (Å²) < 4.78 is 25.4. The van der Waals surface area contributed by atoms with Gasteiger partial charge in [-0.2, -0.15) is 0 Å². The molecule has 28 heavy (non-hydrogen) atoms. The Bertz CT molecular complexity index is 820. The van der Waals surface area contributed by atoms with E-state index in [2.05, 4.69) is 4.90 Å². The molecular weight excluding hydrogens is 361 g/mol. The van der Waals surface area contributed by atoms with Crippen molar-refractivity contribution >= 4 is 0 Å². The molecule has 2 heterocycles. The van der Waals surface area contributed by atoms with Crippen LogP contribution in [0.5, 0.6) is 11.5 Å². The van der Waals surface area contributed by atoms with Gasteiger partial charge in [-0.25, -0.2) is 4.39 Å². The van der Waals surface area contributed by atoms with Crippen LogP contribution in [0.15, 0.2) is 42.5 Å². The maximum Gasteiger partial charge on any atom is 0.161 e. The molecule has 2 aromatic rings. The molecule has 1 atom stereocenters. The van der Waals surface area contributed by atoms with Gasteiger partial charge in [0.25, 0.3) is 0 Å². The largest absolute Gasteiger partial charge is 0.490 e. The maximum absolute atomic E-state index is 14.1. The van der Waals surface area contributed by atoms with Crippen LogP contribution >= 0.6 is 0 Å². The van der Waals surface area contributed by atoms with Gasteiger partial charge in [-0.3, -0.25) is 0 Å². The highest BCUT2D eigenvalue weighted by atomic mass is 19.1. The molecule has 4 rings (SSSR count). The van der Waals surface area contributed by atoms with Crippen molar-refractivity contribution in [2.24, 2.45) is 0 Å². The van der Waals surface area contributed by atoms with Gasteiger partial charge in [0.15, 0.2) is 11.5 Å². The maximum atomic E-state index is 14.1. The summed E-state index contributed by atoms with van der Waals surface area (Å²) in [5.41, 5.74) is -0.0144. The number of aliphatic hydroxyl groups is 2. The molecule has 5 nitrogen and oxygen atoms in total. The van der Waals surface area contributed by atoms with Crippen LogP contribution in [0.4, 0.5) is 4.39 Å². The average molecular weight is 387 g/mol. The number of β-amino-alcohol motifs (C(OH)–C–C–N with tert-alkyl or cyclic N) is 1. The Morgan fingerprint density at radius 2 is 1.75 bits per heavy atom. The van der Waals surface area contributed by atoms with Gasteiger partial charge in [0.2, 0.25) is 0 Å². The molecule has 0 unspecified atom stereocenters. The Morgan fingerprint density at radius 3 is 2.50 bits per heavy atom. The Balaban J connectivity index is 1.38. The number of rotatable bonds is 4. The number of likely N-dealkylation sites (tertiary alicyclic amines) is 1. The Hall–Kier alpha value is -2.15. The topological polar surface area (TPSA) is 62.2 Å². The standard InChI is InChI=1S/C22H26FNO4/c23-18-5-2-1-4-17(18)22(26)8-10-24(11-9-22)15-19(25)16-6-7-20-21(14-16)28-13-3-12-27-20/h1-2,4-7,14,19,25-26H,3,8-13,15H2/t19-/m1/s1. The molecule has 0 aromatic heterocycles. The molecule has 0 radical (unpaired) electrons. The first-order valence-corrected chi connectivity index (χ1v) is 9.82. The fourth-order valence-corrected chi connectivity index (χ4v) is 3.95. The molecule has 1 fully saturated rings. The predicted molar refractivity (Wildman–Crippen MR) is 103 cm³/mol. The van der Waals surface area contributed by atoms with E-state index in [9.17, 15) is 14.6 Å². The van der Waals surface area contributed by atoms with E-state index in [1.807, 2.05) is 18.2 Å². The van der Waals surface area contributed by atoms with Crippen LogP contribution in [0.1, 0.15) is 36.5 Å². The number of piperidine rings is 1. The van der Waals surface area contributed by atoms with Crippen molar-refractivity contribution in [3.8, 4) is 11.5 Å². The molecule has 0 spiro atoms. The van der Waals surface area contributed by atoms with E-state index < -0.39 is 11.7 Å². The van der Waals surface area contributed by atoms with Crippen LogP contribution < -0.4 is 9.47 Å². The Morgan fingerprint density at radius 1 is 1.04 bits per heavy atom. The van der Waals surface area contributed by atoms with Crippen LogP contribution in [0.2, 0.25) is 0 Å². The Labute approximate surface area is 164 Å². The first-order chi connectivity index (χ1) is 13.5. The zero-order chi connectivity index (χ0) is 19.6. The van der Waals surface area contributed by atoms with Gasteiger partial charge in [0, 0.05) is 31.6 Å². The minimum atomic E-state index is -1.15. The molecule has 150 valence electrons. The fraction of sp³-hybridized carbons (Fsp3) is 0.455. The quantitative estimate of drug-likeness (QED) is 0.845. The molecule has 0 bridgehead atoms. The molecule has 2 aliphatic rings. The van der Waals surface area contributed by atoms with E-state index in [1.54, 1.807) is 18.2 Å². The number of aliphatic hydroxyl groups excluding tert-OH is 1. The first-order valence-electron chi connectivity index (χ1n) is 9.82. The SMILES string of the molecule is O[C@H](CN1CCC(O)(c2ccccc2F)CC1)c1ccc2c(c1)OCCCO2. The van der Waals surface area contributed by atoms with Crippen LogP contribution in [0.3, 0.4) is 0 Å². The normalized spacial score (nSPS) is 20.4. The highest BCUT2D eigenvalue weighted by Gasteiger charge is 2.36. The number of hydrogen-bond acceptors (Lipinski definition) is 5. The van der Waals surface area contributed by atoms with Crippen LogP contribution in [0.25, 0.3) is 0 Å². The summed E-state index contributed by atoms with van der Waals surface area (Å²) in [6.45, 7) is 2.87. The van der Waals surface area contributed by atoms with Crippen molar-refractivity contribution in [2.45, 2.75) is 31.0 Å². The average Bonchev–Trinajstić information content (AvgIpc) is 2.95. The van der Waals surface area contributed by atoms with Crippen LogP contribution in [-0.4, -0.2) is 48.0 Å². The van der Waals surface area contributed by atoms with E-state index in [-0.39, 0.29) is 5.82 Å². The summed E-state index contributed by atoms with van der Waals surface area (Å²) in [7, 11) is 0. The third-order valence-corrected chi connectivity index (χ3v) is 5.65. The highest BCUT2D eigenvalue weighted by Crippen LogP contribution is 2.36. The van der Waals surface area contributed by atoms with Crippen molar-refractivity contribution in [3.05, 3.63) is 59.4 Å². The number of ether oxygens (including phenoxy) is 2. The van der Waals surface area contributed by atoms with Crippen molar-refractivity contribution in [2.75, 3.05) is 32.8 Å². The van der Waals surface area contributed by atoms with E-state index in [0.717, 1.165) is 12.0 Å². The third kappa shape index (κ3) is 3.99. The van der Waals surface area contributed by atoms with Gasteiger partial charge < -0.3 is 24.6 Å². The molecule has 2 aliphatic heterocycles. The van der Waals surface area contributed by atoms with E-state index >= 15 is 0 Å². The minimum absolute atomic E-state index is 0.359. The number of fused-ring (bicyclic) bond motifs is 1. The summed E-state index contributed by atoms with van der Waals surface area (Å²) in [4.78, 5) is 2.10. The minimum Gasteiger partial charge on any atom is -0.490 e. The van der Waals surface area contributed by atoms with Crippen LogP contribution in [-0.2, 0) is 5.60 Å². The lowest BCUT2D eigenvalue weighted by molar-refractivity contribution is -0.0367. The number of halogens is 1. The lowest BCUT2D eigenvalue weighted by Crippen LogP contribution is -2.44. The summed E-state index contributed by atoms with van der Waals surface area (Å²) >= 11 is 0. The molecule has 0 saturated carbocycles. The van der Waals surface area contributed by atoms with E-state index in [0.29, 0.717) is 62.8 Å². The summed E-state index contributed by atoms with van der Waals surface area (Å²) in [5, 5.41) is 21.6. The number of hydrogen-bond donors (Lipinski definition) is 2. The molecular formula is C22H26FNO4. The number of benzene rings is 2. The van der Waals surface area contributed by atoms with Gasteiger partial charge in [-0.05, 0) is 36.6 Å². The number of nitrogens with zero attached hydrogens (tertiary/aromatic N) is 1. The van der Waals surface area contributed by atoms with Gasteiger partial charge in [0.1, 0.15) is 5.82 Å². The molecule has 0 amide bonds. The Kier molecular flexibility index (Phi) is 5.53. The zero-order valence-electron chi connectivity index (χ0n) is 15.8. The predicted octanol–water partition coefficient (Wildman–Crippen LogP) is 3.00. The second-order valence-electron chi connectivity index (χ2n) is 7.58. The molecule has 1 saturated heterocycles. The van der Waals surface area contributed by atoms with Gasteiger partial charge in [0.05, 0.1) is 24.9 Å². The van der Waals surface area contributed by atoms with Crippen molar-refractivity contribution in [3.63, 3.8) is 0 Å². The summed E-state index contributed by atoms with van der Waals surface area (Å²) in [6, 6.07) is 11.9. The van der Waals surface area contributed by atoms with Gasteiger partial charge >= 0.3 is 0 Å². The lowest BCUT2D eigenvalue weighted by Gasteiger charge is -2.39. The van der Waals surface area contributed by atoms with E-state index in [1.165, 1.54) is 6.07 Å². The summed E-state index contributed by atoms with van der Waals surface area (Å²) in [6.07, 6.45) is 1.03. The smallest absolute Gasteiger partial charge is 0.161 e. The summed E-state index contributed by atoms with van der Waals surface area (Å²) in [5.74, 6) is 1.01. The van der Waals surface area contributed by atoms with Crippen molar-refractivity contribution in [1.29, 1.82) is 0 Å². The van der Waals surface area contributed by atoms with Crippen molar-refractivity contribution in [1.82, 2.24) is 4.90 Å². The highest BCUT2D eigenvalue weighted by molar-refractivity contribution is 5.44. The second kappa shape index (κ2) is 8.07.